The van der Waals surface area contributed by atoms with Crippen molar-refractivity contribution in [1.82, 2.24) is 0 Å². The van der Waals surface area contributed by atoms with Gasteiger partial charge >= 0.3 is 0 Å². The lowest BCUT2D eigenvalue weighted by molar-refractivity contribution is 0.245. The quantitative estimate of drug-likeness (QED) is 0.802. The van der Waals surface area contributed by atoms with Crippen LogP contribution in [0.2, 0.25) is 0 Å². The van der Waals surface area contributed by atoms with Crippen molar-refractivity contribution in [3.63, 3.8) is 0 Å². The van der Waals surface area contributed by atoms with Crippen LogP contribution in [0.1, 0.15) is 51.0 Å². The second-order valence-electron chi connectivity index (χ2n) is 6.05. The fourth-order valence-electron chi connectivity index (χ4n) is 2.96. The summed E-state index contributed by atoms with van der Waals surface area (Å²) in [6.07, 6.45) is 4.74. The number of ether oxygens (including phenoxy) is 1. The molecular formula is C17H24O2. The first-order valence-corrected chi connectivity index (χ1v) is 6.99. The maximum absolute atomic E-state index is 9.65. The molecule has 0 atom stereocenters. The molecule has 0 amide bonds. The Morgan fingerprint density at radius 1 is 1.37 bits per heavy atom. The van der Waals surface area contributed by atoms with Crippen molar-refractivity contribution < 1.29 is 9.84 Å². The number of phenolic OH excluding ortho intramolecular Hbond substituents is 1. The van der Waals surface area contributed by atoms with Crippen molar-refractivity contribution in [2.75, 3.05) is 7.11 Å². The van der Waals surface area contributed by atoms with Crippen molar-refractivity contribution in [3.05, 3.63) is 35.9 Å². The van der Waals surface area contributed by atoms with E-state index in [0.717, 1.165) is 0 Å². The zero-order valence-corrected chi connectivity index (χ0v) is 12.2. The van der Waals surface area contributed by atoms with Crippen molar-refractivity contribution in [2.45, 2.75) is 45.4 Å². The van der Waals surface area contributed by atoms with E-state index in [-0.39, 0.29) is 5.75 Å². The standard InChI is InChI=1S/C17H24O2/c1-12(2)17(3)9-7-13(8-10-17)14-5-6-15(18)16(11-14)19-4/h5-6,11,13,18H,1,7-10H2,2-4H3. The van der Waals surface area contributed by atoms with Gasteiger partial charge in [-0.25, -0.2) is 0 Å². The molecule has 1 aliphatic carbocycles. The van der Waals surface area contributed by atoms with Crippen LogP contribution in [0.25, 0.3) is 0 Å². The summed E-state index contributed by atoms with van der Waals surface area (Å²) in [6.45, 7) is 8.60. The topological polar surface area (TPSA) is 29.5 Å². The molecule has 0 spiro atoms. The van der Waals surface area contributed by atoms with E-state index in [4.69, 9.17) is 4.74 Å². The third kappa shape index (κ3) is 2.78. The fourth-order valence-corrected chi connectivity index (χ4v) is 2.96. The van der Waals surface area contributed by atoms with Gasteiger partial charge in [0.1, 0.15) is 0 Å². The van der Waals surface area contributed by atoms with Gasteiger partial charge in [-0.05, 0) is 61.6 Å². The van der Waals surface area contributed by atoms with E-state index in [0.29, 0.717) is 17.1 Å². The van der Waals surface area contributed by atoms with Crippen molar-refractivity contribution in [2.24, 2.45) is 5.41 Å². The minimum absolute atomic E-state index is 0.217. The van der Waals surface area contributed by atoms with Crippen LogP contribution in [0.4, 0.5) is 0 Å². The molecule has 104 valence electrons. The first-order valence-electron chi connectivity index (χ1n) is 6.99. The summed E-state index contributed by atoms with van der Waals surface area (Å²) < 4.78 is 5.19. The Balaban J connectivity index is 2.12. The largest absolute Gasteiger partial charge is 0.504 e. The van der Waals surface area contributed by atoms with Crippen LogP contribution in [0, 0.1) is 5.41 Å². The molecule has 1 aliphatic rings. The molecule has 0 unspecified atom stereocenters. The van der Waals surface area contributed by atoms with Crippen molar-refractivity contribution in [1.29, 1.82) is 0 Å². The normalized spacial score (nSPS) is 27.0. The van der Waals surface area contributed by atoms with E-state index >= 15 is 0 Å². The average Bonchev–Trinajstić information content (AvgIpc) is 2.40. The van der Waals surface area contributed by atoms with Crippen LogP contribution in [0.5, 0.6) is 11.5 Å². The van der Waals surface area contributed by atoms with Gasteiger partial charge in [0.15, 0.2) is 11.5 Å². The predicted octanol–water partition coefficient (Wildman–Crippen LogP) is 4.64. The van der Waals surface area contributed by atoms with Crippen LogP contribution >= 0.6 is 0 Å². The van der Waals surface area contributed by atoms with E-state index in [1.54, 1.807) is 13.2 Å². The molecule has 0 radical (unpaired) electrons. The van der Waals surface area contributed by atoms with Crippen LogP contribution in [-0.4, -0.2) is 12.2 Å². The molecular weight excluding hydrogens is 236 g/mol. The van der Waals surface area contributed by atoms with E-state index in [1.807, 2.05) is 12.1 Å². The molecule has 19 heavy (non-hydrogen) atoms. The number of rotatable bonds is 3. The summed E-state index contributed by atoms with van der Waals surface area (Å²) in [5, 5.41) is 9.65. The van der Waals surface area contributed by atoms with Crippen LogP contribution in [0.15, 0.2) is 30.4 Å². The van der Waals surface area contributed by atoms with E-state index in [1.165, 1.54) is 36.8 Å². The second kappa shape index (κ2) is 5.28. The summed E-state index contributed by atoms with van der Waals surface area (Å²) in [6, 6.07) is 5.73. The fraction of sp³-hybridized carbons (Fsp3) is 0.529. The summed E-state index contributed by atoms with van der Waals surface area (Å²) >= 11 is 0. The van der Waals surface area contributed by atoms with Crippen molar-refractivity contribution >= 4 is 0 Å². The SMILES string of the molecule is C=C(C)C1(C)CCC(c2ccc(O)c(OC)c2)CC1. The smallest absolute Gasteiger partial charge is 0.160 e. The Labute approximate surface area is 116 Å². The highest BCUT2D eigenvalue weighted by molar-refractivity contribution is 5.43. The zero-order valence-electron chi connectivity index (χ0n) is 12.2. The number of aromatic hydroxyl groups is 1. The summed E-state index contributed by atoms with van der Waals surface area (Å²) in [4.78, 5) is 0. The summed E-state index contributed by atoms with van der Waals surface area (Å²) in [5.74, 6) is 1.36. The number of phenols is 1. The molecule has 2 rings (SSSR count). The highest BCUT2D eigenvalue weighted by atomic mass is 16.5. The third-order valence-electron chi connectivity index (χ3n) is 4.79. The lowest BCUT2D eigenvalue weighted by atomic mass is 9.67. The maximum atomic E-state index is 9.65. The first-order chi connectivity index (χ1) is 8.96. The number of allylic oxidation sites excluding steroid dienone is 1. The Bertz CT molecular complexity index is 468. The molecule has 1 aromatic rings. The number of hydrogen-bond donors (Lipinski definition) is 1. The molecule has 0 aromatic heterocycles. The molecule has 0 bridgehead atoms. The first kappa shape index (κ1) is 14.0. The number of hydrogen-bond acceptors (Lipinski definition) is 2. The van der Waals surface area contributed by atoms with Crippen molar-refractivity contribution in [3.8, 4) is 11.5 Å². The van der Waals surface area contributed by atoms with Gasteiger partial charge in [0.05, 0.1) is 7.11 Å². The van der Waals surface area contributed by atoms with Gasteiger partial charge in [0.25, 0.3) is 0 Å². The van der Waals surface area contributed by atoms with Crippen LogP contribution < -0.4 is 4.74 Å². The highest BCUT2D eigenvalue weighted by Gasteiger charge is 2.32. The number of benzene rings is 1. The van der Waals surface area contributed by atoms with Crippen LogP contribution in [0.3, 0.4) is 0 Å². The molecule has 1 saturated carbocycles. The van der Waals surface area contributed by atoms with E-state index < -0.39 is 0 Å². The molecule has 1 N–H and O–H groups in total. The second-order valence-corrected chi connectivity index (χ2v) is 6.05. The molecule has 0 saturated heterocycles. The maximum Gasteiger partial charge on any atom is 0.160 e. The van der Waals surface area contributed by atoms with Gasteiger partial charge in [-0.2, -0.15) is 0 Å². The molecule has 1 aromatic carbocycles. The zero-order chi connectivity index (χ0) is 14.0. The summed E-state index contributed by atoms with van der Waals surface area (Å²) in [7, 11) is 1.60. The molecule has 2 heteroatoms. The minimum Gasteiger partial charge on any atom is -0.504 e. The molecule has 0 aliphatic heterocycles. The molecule has 1 fully saturated rings. The Morgan fingerprint density at radius 2 is 2.00 bits per heavy atom. The van der Waals surface area contributed by atoms with Crippen LogP contribution in [-0.2, 0) is 0 Å². The third-order valence-corrected chi connectivity index (χ3v) is 4.79. The lowest BCUT2D eigenvalue weighted by Crippen LogP contribution is -2.24. The van der Waals surface area contributed by atoms with Gasteiger partial charge in [-0.1, -0.05) is 25.1 Å². The van der Waals surface area contributed by atoms with E-state index in [9.17, 15) is 5.11 Å². The van der Waals surface area contributed by atoms with Gasteiger partial charge < -0.3 is 9.84 Å². The van der Waals surface area contributed by atoms with E-state index in [2.05, 4.69) is 20.4 Å². The minimum atomic E-state index is 0.217. The van der Waals surface area contributed by atoms with Gasteiger partial charge in [-0.3, -0.25) is 0 Å². The Morgan fingerprint density at radius 3 is 2.53 bits per heavy atom. The molecule has 2 nitrogen and oxygen atoms in total. The average molecular weight is 260 g/mol. The summed E-state index contributed by atoms with van der Waals surface area (Å²) in [5.41, 5.74) is 2.88. The highest BCUT2D eigenvalue weighted by Crippen LogP contribution is 2.47. The predicted molar refractivity (Wildman–Crippen MR) is 78.8 cm³/mol. The van der Waals surface area contributed by atoms with Gasteiger partial charge in [-0.15, -0.1) is 0 Å². The monoisotopic (exact) mass is 260 g/mol. The van der Waals surface area contributed by atoms with Gasteiger partial charge in [0.2, 0.25) is 0 Å². The molecule has 0 heterocycles. The Kier molecular flexibility index (Phi) is 3.88. The number of methoxy groups -OCH3 is 1. The van der Waals surface area contributed by atoms with Gasteiger partial charge in [0, 0.05) is 0 Å². The Hall–Kier alpha value is -1.44. The lowest BCUT2D eigenvalue weighted by Gasteiger charge is -2.38.